The highest BCUT2D eigenvalue weighted by molar-refractivity contribution is 6.83. The molecule has 0 fully saturated rings. The van der Waals surface area contributed by atoms with Gasteiger partial charge in [-0.1, -0.05) is 38.2 Å². The van der Waals surface area contributed by atoms with Gasteiger partial charge in [0, 0.05) is 5.57 Å². The Kier molecular flexibility index (Phi) is 7.18. The van der Waals surface area contributed by atoms with Crippen LogP contribution in [0.5, 0.6) is 0 Å². The summed E-state index contributed by atoms with van der Waals surface area (Å²) in [5, 5.41) is 18.7. The van der Waals surface area contributed by atoms with Gasteiger partial charge in [0.1, 0.15) is 0 Å². The smallest absolute Gasteiger partial charge is 0.345 e. The summed E-state index contributed by atoms with van der Waals surface area (Å²) < 4.78 is 4.56. The molecule has 0 aromatic carbocycles. The van der Waals surface area contributed by atoms with Crippen LogP contribution in [0.25, 0.3) is 0 Å². The lowest BCUT2D eigenvalue weighted by molar-refractivity contribution is -0.164. The second-order valence-electron chi connectivity index (χ2n) is 5.51. The summed E-state index contributed by atoms with van der Waals surface area (Å²) >= 11 is 0. The van der Waals surface area contributed by atoms with Crippen molar-refractivity contribution >= 4 is 20.0 Å². The Hall–Kier alpha value is -0.983. The first-order valence-electron chi connectivity index (χ1n) is 6.40. The monoisotopic (exact) mass is 288 g/mol. The summed E-state index contributed by atoms with van der Waals surface area (Å²) in [6.07, 6.45) is 0.0448. The molecule has 0 rings (SSSR count). The van der Waals surface area contributed by atoms with Crippen LogP contribution in [0.3, 0.4) is 0 Å². The number of carbonyl (C=O) groups is 2. The van der Waals surface area contributed by atoms with Gasteiger partial charge in [-0.25, -0.2) is 9.59 Å². The summed E-state index contributed by atoms with van der Waals surface area (Å²) in [5.41, 5.74) is 0.444. The molecule has 0 aromatic heterocycles. The zero-order chi connectivity index (χ0) is 15.2. The number of esters is 2. The minimum atomic E-state index is -1.67. The Labute approximate surface area is 115 Å². The number of carbonyl (C=O) groups excluding carboxylic acids is 2. The quantitative estimate of drug-likeness (QED) is 0.334. The molecule has 5 nitrogen and oxygen atoms in total. The van der Waals surface area contributed by atoms with Crippen molar-refractivity contribution in [3.63, 3.8) is 0 Å². The Bertz CT molecular complexity index is 368. The molecule has 0 aliphatic carbocycles. The van der Waals surface area contributed by atoms with Crippen LogP contribution < -0.4 is 0 Å². The third kappa shape index (κ3) is 5.67. The molecule has 0 saturated carbocycles. The topological polar surface area (TPSA) is 83.8 Å². The van der Waals surface area contributed by atoms with E-state index >= 15 is 0 Å². The maximum atomic E-state index is 11.9. The minimum absolute atomic E-state index is 0.444. The largest absolute Gasteiger partial charge is 0.393 e. The van der Waals surface area contributed by atoms with E-state index in [1.165, 1.54) is 0 Å². The highest BCUT2D eigenvalue weighted by atomic mass is 28.3. The maximum absolute atomic E-state index is 11.9. The number of ether oxygens (including phenoxy) is 1. The Morgan fingerprint density at radius 2 is 1.79 bits per heavy atom. The number of hydrogen-bond acceptors (Lipinski definition) is 5. The first-order valence-corrected chi connectivity index (χ1v) is 9.90. The normalized spacial score (nSPS) is 14.7. The second-order valence-corrected chi connectivity index (χ2v) is 10.6. The molecule has 0 spiro atoms. The molecule has 1 atom stereocenters. The van der Waals surface area contributed by atoms with Gasteiger partial charge in [-0.05, 0) is 13.3 Å². The van der Waals surface area contributed by atoms with E-state index in [1.54, 1.807) is 6.92 Å². The van der Waals surface area contributed by atoms with E-state index in [0.29, 0.717) is 5.57 Å². The van der Waals surface area contributed by atoms with Gasteiger partial charge in [-0.3, -0.25) is 0 Å². The second kappa shape index (κ2) is 7.57. The molecule has 0 saturated heterocycles. The summed E-state index contributed by atoms with van der Waals surface area (Å²) in [6.45, 7) is 9.28. The van der Waals surface area contributed by atoms with Gasteiger partial charge < -0.3 is 14.9 Å². The first kappa shape index (κ1) is 18.0. The number of hydrogen-bond donors (Lipinski definition) is 2. The Balaban J connectivity index is 5.08. The molecule has 0 heterocycles. The van der Waals surface area contributed by atoms with Gasteiger partial charge >= 0.3 is 11.9 Å². The molecular formula is C13H24O5Si. The number of allylic oxidation sites excluding steroid dienone is 1. The molecule has 1 unspecified atom stereocenters. The fourth-order valence-electron chi connectivity index (χ4n) is 1.81. The van der Waals surface area contributed by atoms with Gasteiger partial charge in [0.25, 0.3) is 0 Å². The Morgan fingerprint density at radius 3 is 2.16 bits per heavy atom. The van der Waals surface area contributed by atoms with Crippen LogP contribution in [0.2, 0.25) is 19.6 Å². The molecule has 0 aromatic rings. The van der Waals surface area contributed by atoms with Gasteiger partial charge in [0.05, 0.1) is 14.7 Å². The summed E-state index contributed by atoms with van der Waals surface area (Å²) in [4.78, 5) is 23.1. The molecule has 0 aliphatic rings. The average Bonchev–Trinajstić information content (AvgIpc) is 2.32. The maximum Gasteiger partial charge on any atom is 0.345 e. The van der Waals surface area contributed by atoms with Crippen molar-refractivity contribution in [1.29, 1.82) is 0 Å². The fourth-order valence-corrected chi connectivity index (χ4v) is 4.04. The zero-order valence-corrected chi connectivity index (χ0v) is 13.3. The predicted octanol–water partition coefficient (Wildman–Crippen LogP) is 1.40. The van der Waals surface area contributed by atoms with Crippen LogP contribution in [0.1, 0.15) is 26.7 Å². The highest BCUT2D eigenvalue weighted by Crippen LogP contribution is 2.24. The number of aliphatic hydroxyl groups is 2. The highest BCUT2D eigenvalue weighted by Gasteiger charge is 2.26. The minimum Gasteiger partial charge on any atom is -0.393 e. The van der Waals surface area contributed by atoms with Crippen LogP contribution >= 0.6 is 0 Å². The molecule has 6 heteroatoms. The third-order valence-corrected chi connectivity index (χ3v) is 5.24. The van der Waals surface area contributed by atoms with E-state index in [-0.39, 0.29) is 0 Å². The van der Waals surface area contributed by atoms with E-state index in [2.05, 4.69) is 24.4 Å². The standard InChI is InChI=1S/C13H24O5Si/c1-6-7-11(19(3,4)5)9(2)12(16)18-13(17)10(15)8-14/h10,14-15H,6-8H2,1-5H3/b11-9+. The van der Waals surface area contributed by atoms with Crippen molar-refractivity contribution in [2.75, 3.05) is 6.61 Å². The first-order chi connectivity index (χ1) is 8.65. The lowest BCUT2D eigenvalue weighted by Crippen LogP contribution is -2.31. The van der Waals surface area contributed by atoms with Crippen molar-refractivity contribution in [2.45, 2.75) is 52.4 Å². The Morgan fingerprint density at radius 1 is 1.26 bits per heavy atom. The fraction of sp³-hybridized carbons (Fsp3) is 0.692. The van der Waals surface area contributed by atoms with E-state index < -0.39 is 32.7 Å². The van der Waals surface area contributed by atoms with Crippen molar-refractivity contribution in [3.8, 4) is 0 Å². The van der Waals surface area contributed by atoms with E-state index in [9.17, 15) is 9.59 Å². The molecule has 19 heavy (non-hydrogen) atoms. The number of aliphatic hydroxyl groups excluding tert-OH is 2. The van der Waals surface area contributed by atoms with Crippen LogP contribution in [-0.4, -0.2) is 42.9 Å². The number of rotatable bonds is 6. The molecule has 0 amide bonds. The summed E-state index contributed by atoms with van der Waals surface area (Å²) in [7, 11) is -1.66. The molecular weight excluding hydrogens is 264 g/mol. The molecule has 0 radical (unpaired) electrons. The lowest BCUT2D eigenvalue weighted by Gasteiger charge is -2.23. The van der Waals surface area contributed by atoms with Crippen LogP contribution in [0, 0.1) is 0 Å². The van der Waals surface area contributed by atoms with Crippen LogP contribution in [0.4, 0.5) is 0 Å². The lowest BCUT2D eigenvalue weighted by atomic mass is 10.2. The molecule has 2 N–H and O–H groups in total. The van der Waals surface area contributed by atoms with Crippen molar-refractivity contribution in [3.05, 3.63) is 10.8 Å². The van der Waals surface area contributed by atoms with Crippen molar-refractivity contribution in [1.82, 2.24) is 0 Å². The zero-order valence-electron chi connectivity index (χ0n) is 12.3. The van der Waals surface area contributed by atoms with Gasteiger partial charge in [0.2, 0.25) is 0 Å². The third-order valence-electron chi connectivity index (χ3n) is 2.80. The van der Waals surface area contributed by atoms with Crippen LogP contribution in [0.15, 0.2) is 10.8 Å². The van der Waals surface area contributed by atoms with Gasteiger partial charge in [-0.15, -0.1) is 0 Å². The summed E-state index contributed by atoms with van der Waals surface area (Å²) in [6, 6.07) is 0. The predicted molar refractivity (Wildman–Crippen MR) is 75.1 cm³/mol. The van der Waals surface area contributed by atoms with Gasteiger partial charge in [-0.2, -0.15) is 0 Å². The van der Waals surface area contributed by atoms with E-state index in [0.717, 1.165) is 18.0 Å². The van der Waals surface area contributed by atoms with Crippen molar-refractivity contribution in [2.24, 2.45) is 0 Å². The van der Waals surface area contributed by atoms with Crippen molar-refractivity contribution < 1.29 is 24.5 Å². The van der Waals surface area contributed by atoms with Gasteiger partial charge in [0.15, 0.2) is 6.10 Å². The van der Waals surface area contributed by atoms with Crippen LogP contribution in [-0.2, 0) is 14.3 Å². The average molecular weight is 288 g/mol. The summed E-state index contributed by atoms with van der Waals surface area (Å²) in [5.74, 6) is -1.85. The molecule has 0 aliphatic heterocycles. The van der Waals surface area contributed by atoms with E-state index in [1.807, 2.05) is 6.92 Å². The van der Waals surface area contributed by atoms with E-state index in [4.69, 9.17) is 10.2 Å². The SMILES string of the molecule is CCC/C(=C(/C)C(=O)OC(=O)C(O)CO)[Si](C)(C)C. The molecule has 0 bridgehead atoms. The molecule has 110 valence electrons.